The predicted octanol–water partition coefficient (Wildman–Crippen LogP) is 1.76. The lowest BCUT2D eigenvalue weighted by atomic mass is 9.87. The van der Waals surface area contributed by atoms with Gasteiger partial charge in [0.15, 0.2) is 0 Å². The molecule has 1 aliphatic rings. The van der Waals surface area contributed by atoms with Gasteiger partial charge < -0.3 is 10.5 Å². The molecule has 0 aliphatic carbocycles. The van der Waals surface area contributed by atoms with Crippen LogP contribution in [0.15, 0.2) is 30.6 Å². The molecule has 1 aromatic carbocycles. The number of fused-ring (bicyclic) bond motifs is 1. The Labute approximate surface area is 105 Å². The fourth-order valence-electron chi connectivity index (χ4n) is 2.47. The highest BCUT2D eigenvalue weighted by molar-refractivity contribution is 5.37. The van der Waals surface area contributed by atoms with Gasteiger partial charge in [0.2, 0.25) is 0 Å². The van der Waals surface area contributed by atoms with Gasteiger partial charge in [0.25, 0.3) is 0 Å². The Hall–Kier alpha value is -1.88. The molecule has 18 heavy (non-hydrogen) atoms. The van der Waals surface area contributed by atoms with E-state index in [0.29, 0.717) is 5.92 Å². The average molecular weight is 244 g/mol. The molecule has 94 valence electrons. The van der Waals surface area contributed by atoms with Gasteiger partial charge in [-0.3, -0.25) is 5.10 Å². The van der Waals surface area contributed by atoms with Crippen molar-refractivity contribution >= 4 is 0 Å². The van der Waals surface area contributed by atoms with Crippen LogP contribution in [0.5, 0.6) is 5.75 Å². The molecule has 0 saturated carbocycles. The zero-order chi connectivity index (χ0) is 12.4. The van der Waals surface area contributed by atoms with Crippen molar-refractivity contribution in [1.29, 1.82) is 0 Å². The fourth-order valence-corrected chi connectivity index (χ4v) is 2.47. The van der Waals surface area contributed by atoms with Gasteiger partial charge in [-0.1, -0.05) is 18.2 Å². The minimum atomic E-state index is -0.108. The lowest BCUT2D eigenvalue weighted by Gasteiger charge is -2.27. The van der Waals surface area contributed by atoms with Crippen LogP contribution in [0.4, 0.5) is 0 Å². The topological polar surface area (TPSA) is 76.8 Å². The number of H-pyrrole nitrogens is 1. The molecule has 2 unspecified atom stereocenters. The van der Waals surface area contributed by atoms with Crippen LogP contribution in [0, 0.1) is 0 Å². The molecule has 2 heterocycles. The highest BCUT2D eigenvalue weighted by Gasteiger charge is 2.24. The number of benzene rings is 1. The summed E-state index contributed by atoms with van der Waals surface area (Å²) in [6.45, 7) is 0.755. The Balaban J connectivity index is 1.78. The summed E-state index contributed by atoms with van der Waals surface area (Å²) in [4.78, 5) is 4.11. The van der Waals surface area contributed by atoms with E-state index in [2.05, 4.69) is 21.2 Å². The van der Waals surface area contributed by atoms with Crippen LogP contribution in [0.25, 0.3) is 0 Å². The molecular weight excluding hydrogens is 228 g/mol. The number of hydrogen-bond acceptors (Lipinski definition) is 4. The van der Waals surface area contributed by atoms with E-state index in [1.165, 1.54) is 11.9 Å². The van der Waals surface area contributed by atoms with Crippen LogP contribution in [0.2, 0.25) is 0 Å². The van der Waals surface area contributed by atoms with Crippen molar-refractivity contribution in [2.24, 2.45) is 5.73 Å². The highest BCUT2D eigenvalue weighted by atomic mass is 16.5. The first-order valence-corrected chi connectivity index (χ1v) is 6.17. The van der Waals surface area contributed by atoms with Gasteiger partial charge in [-0.25, -0.2) is 4.98 Å². The van der Waals surface area contributed by atoms with Gasteiger partial charge in [0.05, 0.1) is 12.6 Å². The van der Waals surface area contributed by atoms with Gasteiger partial charge in [-0.15, -0.1) is 0 Å². The van der Waals surface area contributed by atoms with Crippen molar-refractivity contribution in [3.05, 3.63) is 42.0 Å². The van der Waals surface area contributed by atoms with Crippen molar-refractivity contribution in [1.82, 2.24) is 15.2 Å². The number of hydrogen-bond donors (Lipinski definition) is 2. The van der Waals surface area contributed by atoms with Crippen molar-refractivity contribution in [3.8, 4) is 5.75 Å². The minimum Gasteiger partial charge on any atom is -0.493 e. The number of ether oxygens (including phenoxy) is 1. The molecule has 2 atom stereocenters. The van der Waals surface area contributed by atoms with Crippen molar-refractivity contribution in [2.75, 3.05) is 6.61 Å². The summed E-state index contributed by atoms with van der Waals surface area (Å²) in [5.74, 6) is 2.16. The zero-order valence-corrected chi connectivity index (χ0v) is 10.0. The Kier molecular flexibility index (Phi) is 2.98. The Morgan fingerprint density at radius 1 is 1.44 bits per heavy atom. The molecule has 5 heteroatoms. The van der Waals surface area contributed by atoms with Crippen LogP contribution < -0.4 is 10.5 Å². The van der Waals surface area contributed by atoms with Gasteiger partial charge >= 0.3 is 0 Å². The number of nitrogens with zero attached hydrogens (tertiary/aromatic N) is 2. The Morgan fingerprint density at radius 3 is 3.17 bits per heavy atom. The number of nitrogens with one attached hydrogen (secondary N) is 1. The third-order valence-electron chi connectivity index (χ3n) is 3.41. The molecule has 0 amide bonds. The maximum absolute atomic E-state index is 6.15. The van der Waals surface area contributed by atoms with Gasteiger partial charge in [-0.05, 0) is 30.4 Å². The minimum absolute atomic E-state index is 0.108. The van der Waals surface area contributed by atoms with E-state index in [4.69, 9.17) is 10.5 Å². The van der Waals surface area contributed by atoms with Gasteiger partial charge in [0, 0.05) is 0 Å². The van der Waals surface area contributed by atoms with Crippen molar-refractivity contribution < 1.29 is 4.74 Å². The Morgan fingerprint density at radius 2 is 2.33 bits per heavy atom. The summed E-state index contributed by atoms with van der Waals surface area (Å²) < 4.78 is 5.65. The van der Waals surface area contributed by atoms with E-state index in [0.717, 1.165) is 31.0 Å². The number of rotatable bonds is 3. The summed E-state index contributed by atoms with van der Waals surface area (Å²) in [5.41, 5.74) is 7.40. The molecule has 2 aromatic rings. The van der Waals surface area contributed by atoms with Crippen LogP contribution in [-0.4, -0.2) is 21.8 Å². The first-order chi connectivity index (χ1) is 8.84. The van der Waals surface area contributed by atoms with Gasteiger partial charge in [-0.2, -0.15) is 5.10 Å². The third kappa shape index (κ3) is 2.09. The lowest BCUT2D eigenvalue weighted by Crippen LogP contribution is -2.20. The summed E-state index contributed by atoms with van der Waals surface area (Å²) in [6, 6.07) is 8.06. The average Bonchev–Trinajstić information content (AvgIpc) is 2.93. The van der Waals surface area contributed by atoms with E-state index in [1.807, 2.05) is 18.2 Å². The molecule has 0 saturated heterocycles. The first kappa shape index (κ1) is 11.2. The zero-order valence-electron chi connectivity index (χ0n) is 10.0. The number of aromatic amines is 1. The molecule has 0 spiro atoms. The van der Waals surface area contributed by atoms with E-state index >= 15 is 0 Å². The van der Waals surface area contributed by atoms with Crippen LogP contribution in [0.1, 0.15) is 36.2 Å². The number of nitrogens with two attached hydrogens (primary N) is 1. The predicted molar refractivity (Wildman–Crippen MR) is 67.2 cm³/mol. The molecule has 1 aromatic heterocycles. The highest BCUT2D eigenvalue weighted by Crippen LogP contribution is 2.37. The molecule has 3 N–H and O–H groups in total. The molecule has 0 fully saturated rings. The van der Waals surface area contributed by atoms with E-state index < -0.39 is 0 Å². The second-order valence-electron chi connectivity index (χ2n) is 4.58. The number of aromatic nitrogens is 3. The molecule has 5 nitrogen and oxygen atoms in total. The molecule has 3 rings (SSSR count). The quantitative estimate of drug-likeness (QED) is 0.862. The third-order valence-corrected chi connectivity index (χ3v) is 3.41. The van der Waals surface area contributed by atoms with E-state index in [1.54, 1.807) is 0 Å². The van der Waals surface area contributed by atoms with Crippen molar-refractivity contribution in [2.45, 2.75) is 24.8 Å². The summed E-state index contributed by atoms with van der Waals surface area (Å²) in [7, 11) is 0. The summed E-state index contributed by atoms with van der Waals surface area (Å²) >= 11 is 0. The first-order valence-electron chi connectivity index (χ1n) is 6.17. The Bertz CT molecular complexity index is 511. The second-order valence-corrected chi connectivity index (χ2v) is 4.58. The maximum Gasteiger partial charge on any atom is 0.141 e. The normalized spacial score (nSPS) is 19.9. The molecule has 1 aliphatic heterocycles. The number of para-hydroxylation sites is 1. The standard InChI is InChI=1S/C13H16N4O/c14-11(13-15-8-16-17-13)7-9-5-6-18-12-4-2-1-3-10(9)12/h1-4,8-9,11H,5-7,14H2,(H,15,16,17). The largest absolute Gasteiger partial charge is 0.493 e. The summed E-state index contributed by atoms with van der Waals surface area (Å²) in [6.07, 6.45) is 3.35. The molecule has 0 radical (unpaired) electrons. The molecule has 0 bridgehead atoms. The fraction of sp³-hybridized carbons (Fsp3) is 0.385. The smallest absolute Gasteiger partial charge is 0.141 e. The lowest BCUT2D eigenvalue weighted by molar-refractivity contribution is 0.258. The van der Waals surface area contributed by atoms with E-state index in [-0.39, 0.29) is 6.04 Å². The van der Waals surface area contributed by atoms with Crippen molar-refractivity contribution in [3.63, 3.8) is 0 Å². The van der Waals surface area contributed by atoms with E-state index in [9.17, 15) is 0 Å². The maximum atomic E-state index is 6.15. The second kappa shape index (κ2) is 4.78. The van der Waals surface area contributed by atoms with Crippen LogP contribution in [0.3, 0.4) is 0 Å². The summed E-state index contributed by atoms with van der Waals surface area (Å²) in [5, 5.41) is 6.67. The SMILES string of the molecule is NC(CC1CCOc2ccccc21)c1ncn[nH]1. The monoisotopic (exact) mass is 244 g/mol. The van der Waals surface area contributed by atoms with Crippen LogP contribution >= 0.6 is 0 Å². The van der Waals surface area contributed by atoms with Gasteiger partial charge in [0.1, 0.15) is 17.9 Å². The molecular formula is C13H16N4O. The van der Waals surface area contributed by atoms with Crippen LogP contribution in [-0.2, 0) is 0 Å².